The van der Waals surface area contributed by atoms with Crippen LogP contribution in [0.1, 0.15) is 39.0 Å². The van der Waals surface area contributed by atoms with Gasteiger partial charge in [-0.25, -0.2) is 4.98 Å². The van der Waals surface area contributed by atoms with E-state index in [1.165, 1.54) is 32.1 Å². The van der Waals surface area contributed by atoms with Crippen molar-refractivity contribution in [3.05, 3.63) is 18.7 Å². The van der Waals surface area contributed by atoms with Crippen LogP contribution >= 0.6 is 0 Å². The van der Waals surface area contributed by atoms with Crippen molar-refractivity contribution in [1.82, 2.24) is 14.9 Å². The molecule has 3 heteroatoms. The van der Waals surface area contributed by atoms with Crippen molar-refractivity contribution in [2.75, 3.05) is 6.54 Å². The second-order valence-electron chi connectivity index (χ2n) is 5.04. The molecule has 1 heterocycles. The van der Waals surface area contributed by atoms with Crippen molar-refractivity contribution in [2.24, 2.45) is 5.92 Å². The summed E-state index contributed by atoms with van der Waals surface area (Å²) >= 11 is 0. The average molecular weight is 221 g/mol. The summed E-state index contributed by atoms with van der Waals surface area (Å²) in [5.74, 6) is 0.982. The molecule has 1 fully saturated rings. The molecule has 0 saturated heterocycles. The molecule has 0 aromatic carbocycles. The van der Waals surface area contributed by atoms with Crippen molar-refractivity contribution < 1.29 is 0 Å². The van der Waals surface area contributed by atoms with Gasteiger partial charge in [-0.3, -0.25) is 0 Å². The summed E-state index contributed by atoms with van der Waals surface area (Å²) in [5.41, 5.74) is 0. The number of aromatic nitrogens is 2. The maximum atomic E-state index is 4.04. The topological polar surface area (TPSA) is 29.9 Å². The van der Waals surface area contributed by atoms with E-state index < -0.39 is 0 Å². The van der Waals surface area contributed by atoms with E-state index in [4.69, 9.17) is 0 Å². The molecule has 90 valence electrons. The molecule has 2 rings (SSSR count). The van der Waals surface area contributed by atoms with Crippen molar-refractivity contribution in [3.63, 3.8) is 0 Å². The van der Waals surface area contributed by atoms with Crippen LogP contribution in [0.15, 0.2) is 18.7 Å². The molecule has 1 N–H and O–H groups in total. The Labute approximate surface area is 98.3 Å². The Morgan fingerprint density at radius 3 is 2.94 bits per heavy atom. The first-order valence-corrected chi connectivity index (χ1v) is 6.53. The quantitative estimate of drug-likeness (QED) is 0.799. The van der Waals surface area contributed by atoms with Crippen LogP contribution < -0.4 is 5.32 Å². The molecule has 1 unspecified atom stereocenters. The SMILES string of the molecule is CC(CC1CCCC1)NCCn1ccnc1. The molecule has 16 heavy (non-hydrogen) atoms. The second kappa shape index (κ2) is 6.04. The van der Waals surface area contributed by atoms with Gasteiger partial charge in [-0.05, 0) is 19.3 Å². The molecule has 1 aromatic heterocycles. The summed E-state index contributed by atoms with van der Waals surface area (Å²) in [5, 5.41) is 3.60. The molecule has 1 aliphatic carbocycles. The van der Waals surface area contributed by atoms with E-state index in [1.807, 2.05) is 18.7 Å². The van der Waals surface area contributed by atoms with Crippen LogP contribution in [0.25, 0.3) is 0 Å². The van der Waals surface area contributed by atoms with E-state index in [1.54, 1.807) is 0 Å². The van der Waals surface area contributed by atoms with Crippen LogP contribution in [0.4, 0.5) is 0 Å². The highest BCUT2D eigenvalue weighted by molar-refractivity contribution is 4.76. The smallest absolute Gasteiger partial charge is 0.0946 e. The Balaban J connectivity index is 1.58. The van der Waals surface area contributed by atoms with Crippen LogP contribution in [0, 0.1) is 5.92 Å². The molecule has 0 bridgehead atoms. The summed E-state index contributed by atoms with van der Waals surface area (Å²) in [6.07, 6.45) is 12.9. The highest BCUT2D eigenvalue weighted by Gasteiger charge is 2.17. The minimum atomic E-state index is 0.659. The van der Waals surface area contributed by atoms with Crippen molar-refractivity contribution >= 4 is 0 Å². The zero-order chi connectivity index (χ0) is 11.2. The van der Waals surface area contributed by atoms with Gasteiger partial charge in [0.05, 0.1) is 6.33 Å². The summed E-state index contributed by atoms with van der Waals surface area (Å²) < 4.78 is 2.12. The van der Waals surface area contributed by atoms with Gasteiger partial charge in [0.1, 0.15) is 0 Å². The molecule has 0 spiro atoms. The van der Waals surface area contributed by atoms with Gasteiger partial charge in [-0.15, -0.1) is 0 Å². The molecule has 1 aromatic rings. The van der Waals surface area contributed by atoms with Gasteiger partial charge in [-0.2, -0.15) is 0 Å². The van der Waals surface area contributed by atoms with E-state index in [-0.39, 0.29) is 0 Å². The lowest BCUT2D eigenvalue weighted by Crippen LogP contribution is -2.30. The van der Waals surface area contributed by atoms with Gasteiger partial charge in [0.2, 0.25) is 0 Å². The van der Waals surface area contributed by atoms with Crippen molar-refractivity contribution in [2.45, 2.75) is 51.6 Å². The third-order valence-corrected chi connectivity index (χ3v) is 3.58. The molecule has 1 aliphatic rings. The van der Waals surface area contributed by atoms with E-state index in [2.05, 4.69) is 21.8 Å². The van der Waals surface area contributed by atoms with Crippen LogP contribution in [-0.2, 0) is 6.54 Å². The van der Waals surface area contributed by atoms with Crippen LogP contribution in [0.2, 0.25) is 0 Å². The molecule has 0 radical (unpaired) electrons. The zero-order valence-corrected chi connectivity index (χ0v) is 10.2. The number of imidazole rings is 1. The van der Waals surface area contributed by atoms with E-state index in [0.29, 0.717) is 6.04 Å². The maximum absolute atomic E-state index is 4.04. The minimum absolute atomic E-state index is 0.659. The lowest BCUT2D eigenvalue weighted by atomic mass is 9.99. The molecule has 0 aliphatic heterocycles. The predicted molar refractivity (Wildman–Crippen MR) is 66.3 cm³/mol. The third-order valence-electron chi connectivity index (χ3n) is 3.58. The predicted octanol–water partition coefficient (Wildman–Crippen LogP) is 2.44. The van der Waals surface area contributed by atoms with Gasteiger partial charge in [0, 0.05) is 31.5 Å². The minimum Gasteiger partial charge on any atom is -0.336 e. The standard InChI is InChI=1S/C13H23N3/c1-12(10-13-4-2-3-5-13)15-7-9-16-8-6-14-11-16/h6,8,11-13,15H,2-5,7,9-10H2,1H3. The Bertz CT molecular complexity index is 275. The number of nitrogens with one attached hydrogen (secondary N) is 1. The highest BCUT2D eigenvalue weighted by Crippen LogP contribution is 2.28. The fourth-order valence-corrected chi connectivity index (χ4v) is 2.69. The molecular weight excluding hydrogens is 198 g/mol. The van der Waals surface area contributed by atoms with Crippen molar-refractivity contribution in [3.8, 4) is 0 Å². The Morgan fingerprint density at radius 2 is 2.25 bits per heavy atom. The van der Waals surface area contributed by atoms with Gasteiger partial charge in [0.15, 0.2) is 0 Å². The lowest BCUT2D eigenvalue weighted by molar-refractivity contribution is 0.399. The molecule has 0 amide bonds. The van der Waals surface area contributed by atoms with E-state index in [9.17, 15) is 0 Å². The molecular formula is C13H23N3. The third kappa shape index (κ3) is 3.63. The molecule has 1 saturated carbocycles. The second-order valence-corrected chi connectivity index (χ2v) is 5.04. The van der Waals surface area contributed by atoms with Gasteiger partial charge in [0.25, 0.3) is 0 Å². The Morgan fingerprint density at radius 1 is 1.44 bits per heavy atom. The van der Waals surface area contributed by atoms with Crippen LogP contribution in [0.5, 0.6) is 0 Å². The van der Waals surface area contributed by atoms with Gasteiger partial charge >= 0.3 is 0 Å². The Hall–Kier alpha value is -0.830. The molecule has 3 nitrogen and oxygen atoms in total. The maximum Gasteiger partial charge on any atom is 0.0946 e. The van der Waals surface area contributed by atoms with Gasteiger partial charge < -0.3 is 9.88 Å². The van der Waals surface area contributed by atoms with Gasteiger partial charge in [-0.1, -0.05) is 25.7 Å². The fraction of sp³-hybridized carbons (Fsp3) is 0.769. The fourth-order valence-electron chi connectivity index (χ4n) is 2.69. The highest BCUT2D eigenvalue weighted by atomic mass is 15.0. The largest absolute Gasteiger partial charge is 0.336 e. The summed E-state index contributed by atoms with van der Waals surface area (Å²) in [6.45, 7) is 4.38. The molecule has 1 atom stereocenters. The first-order chi connectivity index (χ1) is 7.84. The zero-order valence-electron chi connectivity index (χ0n) is 10.2. The van der Waals surface area contributed by atoms with Crippen LogP contribution in [0.3, 0.4) is 0 Å². The first kappa shape index (κ1) is 11.6. The average Bonchev–Trinajstić information content (AvgIpc) is 2.90. The summed E-state index contributed by atoms with van der Waals surface area (Å²) in [4.78, 5) is 4.04. The lowest BCUT2D eigenvalue weighted by Gasteiger charge is -2.17. The first-order valence-electron chi connectivity index (χ1n) is 6.53. The van der Waals surface area contributed by atoms with E-state index >= 15 is 0 Å². The Kier molecular flexibility index (Phi) is 4.40. The monoisotopic (exact) mass is 221 g/mol. The van der Waals surface area contributed by atoms with E-state index in [0.717, 1.165) is 19.0 Å². The number of nitrogens with zero attached hydrogens (tertiary/aromatic N) is 2. The number of hydrogen-bond donors (Lipinski definition) is 1. The normalized spacial score (nSPS) is 19.1. The number of hydrogen-bond acceptors (Lipinski definition) is 2. The number of rotatable bonds is 6. The van der Waals surface area contributed by atoms with Crippen molar-refractivity contribution in [1.29, 1.82) is 0 Å². The van der Waals surface area contributed by atoms with Crippen LogP contribution in [-0.4, -0.2) is 22.1 Å². The summed E-state index contributed by atoms with van der Waals surface area (Å²) in [6, 6.07) is 0.659. The summed E-state index contributed by atoms with van der Waals surface area (Å²) in [7, 11) is 0.